The molecule has 1 saturated carbocycles. The maximum absolute atomic E-state index is 12.3. The van der Waals surface area contributed by atoms with E-state index < -0.39 is 0 Å². The minimum absolute atomic E-state index is 0.0139. The van der Waals surface area contributed by atoms with Gasteiger partial charge in [-0.1, -0.05) is 6.42 Å². The van der Waals surface area contributed by atoms with E-state index in [4.69, 9.17) is 4.74 Å². The molecule has 1 heterocycles. The number of piperazine rings is 1. The number of anilines is 1. The zero-order valence-electron chi connectivity index (χ0n) is 14.1. The summed E-state index contributed by atoms with van der Waals surface area (Å²) in [6.07, 6.45) is 4.75. The number of benzene rings is 1. The van der Waals surface area contributed by atoms with Gasteiger partial charge in [0.15, 0.2) is 6.04 Å². The molecule has 6 nitrogen and oxygen atoms in total. The van der Waals surface area contributed by atoms with Crippen LogP contribution in [0.1, 0.15) is 39.0 Å². The fourth-order valence-corrected chi connectivity index (χ4v) is 3.62. The number of quaternary nitrogens is 1. The summed E-state index contributed by atoms with van der Waals surface area (Å²) < 4.78 is 5.38. The third kappa shape index (κ3) is 4.06. The largest absolute Gasteiger partial charge is 0.494 e. The summed E-state index contributed by atoms with van der Waals surface area (Å²) >= 11 is 0. The number of ether oxygens (including phenoxy) is 1. The summed E-state index contributed by atoms with van der Waals surface area (Å²) in [5, 5.41) is 8.05. The SMILES string of the molecule is CCOc1ccc(NC(=O)C[C@H]2[NH2+][C@H]3CCCC[C@@H]3NC2=O)cc1. The van der Waals surface area contributed by atoms with Gasteiger partial charge in [-0.25, -0.2) is 0 Å². The first-order valence-electron chi connectivity index (χ1n) is 8.84. The molecule has 3 rings (SSSR count). The lowest BCUT2D eigenvalue weighted by molar-refractivity contribution is -0.718. The lowest BCUT2D eigenvalue weighted by atomic mass is 9.87. The van der Waals surface area contributed by atoms with Crippen molar-refractivity contribution in [1.29, 1.82) is 0 Å². The Kier molecular flexibility index (Phi) is 5.35. The second kappa shape index (κ2) is 7.66. The van der Waals surface area contributed by atoms with E-state index in [0.29, 0.717) is 12.6 Å². The van der Waals surface area contributed by atoms with Gasteiger partial charge in [0.25, 0.3) is 5.91 Å². The lowest BCUT2D eigenvalue weighted by Gasteiger charge is -2.37. The van der Waals surface area contributed by atoms with E-state index in [1.807, 2.05) is 31.2 Å². The molecule has 1 aromatic rings. The summed E-state index contributed by atoms with van der Waals surface area (Å²) in [5.41, 5.74) is 0.718. The van der Waals surface area contributed by atoms with Crippen LogP contribution in [0.4, 0.5) is 5.69 Å². The molecule has 2 aliphatic rings. The molecule has 0 aromatic heterocycles. The first kappa shape index (κ1) is 16.8. The van der Waals surface area contributed by atoms with Crippen molar-refractivity contribution in [3.05, 3.63) is 24.3 Å². The van der Waals surface area contributed by atoms with Gasteiger partial charge in [0, 0.05) is 12.1 Å². The molecule has 3 atom stereocenters. The zero-order chi connectivity index (χ0) is 16.9. The van der Waals surface area contributed by atoms with Crippen LogP contribution in [0.2, 0.25) is 0 Å². The van der Waals surface area contributed by atoms with Crippen LogP contribution in [0.5, 0.6) is 5.75 Å². The van der Waals surface area contributed by atoms with Gasteiger partial charge in [-0.15, -0.1) is 0 Å². The molecular formula is C18H26N3O3+. The second-order valence-electron chi connectivity index (χ2n) is 6.57. The van der Waals surface area contributed by atoms with Gasteiger partial charge in [-0.2, -0.15) is 0 Å². The summed E-state index contributed by atoms with van der Waals surface area (Å²) in [4.78, 5) is 24.5. The Bertz CT molecular complexity index is 588. The Morgan fingerprint density at radius 3 is 2.79 bits per heavy atom. The molecule has 1 aliphatic heterocycles. The van der Waals surface area contributed by atoms with E-state index in [1.54, 1.807) is 0 Å². The van der Waals surface area contributed by atoms with Crippen molar-refractivity contribution in [2.45, 2.75) is 57.2 Å². The highest BCUT2D eigenvalue weighted by molar-refractivity contribution is 5.95. The molecule has 0 bridgehead atoms. The number of nitrogens with one attached hydrogen (secondary N) is 2. The molecule has 0 unspecified atom stereocenters. The van der Waals surface area contributed by atoms with Crippen molar-refractivity contribution in [3.63, 3.8) is 0 Å². The highest BCUT2D eigenvalue weighted by Crippen LogP contribution is 2.19. The minimum atomic E-state index is -0.327. The minimum Gasteiger partial charge on any atom is -0.494 e. The molecule has 6 heteroatoms. The standard InChI is InChI=1S/C18H25N3O3/c1-2-24-13-9-7-12(8-10-13)19-17(22)11-16-18(23)21-15-6-4-3-5-14(15)20-16/h7-10,14-16,20H,2-6,11H2,1H3,(H,19,22)(H,21,23)/p+1/t14-,15-,16+/m0/s1. The third-order valence-corrected chi connectivity index (χ3v) is 4.82. The van der Waals surface area contributed by atoms with Crippen LogP contribution in [0.15, 0.2) is 24.3 Å². The van der Waals surface area contributed by atoms with Gasteiger partial charge in [-0.05, 0) is 44.0 Å². The number of carbonyl (C=O) groups excluding carboxylic acids is 2. The maximum Gasteiger partial charge on any atom is 0.279 e. The Labute approximate surface area is 142 Å². The van der Waals surface area contributed by atoms with Gasteiger partial charge in [0.1, 0.15) is 11.8 Å². The number of amides is 2. The van der Waals surface area contributed by atoms with E-state index in [-0.39, 0.29) is 30.3 Å². The van der Waals surface area contributed by atoms with E-state index >= 15 is 0 Å². The highest BCUT2D eigenvalue weighted by Gasteiger charge is 2.40. The molecule has 2 fully saturated rings. The van der Waals surface area contributed by atoms with Gasteiger partial charge >= 0.3 is 0 Å². The smallest absolute Gasteiger partial charge is 0.279 e. The molecule has 130 valence electrons. The van der Waals surface area contributed by atoms with Crippen molar-refractivity contribution < 1.29 is 19.6 Å². The predicted molar refractivity (Wildman–Crippen MR) is 90.8 cm³/mol. The fraction of sp³-hybridized carbons (Fsp3) is 0.556. The number of carbonyl (C=O) groups is 2. The first-order valence-corrected chi connectivity index (χ1v) is 8.84. The molecule has 4 N–H and O–H groups in total. The van der Waals surface area contributed by atoms with Crippen molar-refractivity contribution in [2.75, 3.05) is 11.9 Å². The molecule has 1 aliphatic carbocycles. The monoisotopic (exact) mass is 332 g/mol. The number of fused-ring (bicyclic) bond motifs is 1. The topological polar surface area (TPSA) is 84.0 Å². The van der Waals surface area contributed by atoms with Crippen molar-refractivity contribution in [1.82, 2.24) is 5.32 Å². The number of nitrogens with two attached hydrogens (primary N) is 1. The Balaban J connectivity index is 1.53. The fourth-order valence-electron chi connectivity index (χ4n) is 3.62. The van der Waals surface area contributed by atoms with E-state index in [2.05, 4.69) is 16.0 Å². The Morgan fingerprint density at radius 1 is 1.29 bits per heavy atom. The normalized spacial score (nSPS) is 26.2. The number of hydrogen-bond donors (Lipinski definition) is 3. The van der Waals surface area contributed by atoms with Crippen LogP contribution < -0.4 is 20.7 Å². The van der Waals surface area contributed by atoms with Crippen molar-refractivity contribution >= 4 is 17.5 Å². The van der Waals surface area contributed by atoms with E-state index in [1.165, 1.54) is 12.8 Å². The van der Waals surface area contributed by atoms with Crippen molar-refractivity contribution in [2.24, 2.45) is 0 Å². The van der Waals surface area contributed by atoms with Gasteiger partial charge in [0.2, 0.25) is 5.91 Å². The van der Waals surface area contributed by atoms with Crippen LogP contribution in [-0.2, 0) is 9.59 Å². The molecule has 24 heavy (non-hydrogen) atoms. The number of rotatable bonds is 5. The predicted octanol–water partition coefficient (Wildman–Crippen LogP) is 0.787. The Morgan fingerprint density at radius 2 is 2.04 bits per heavy atom. The molecule has 2 amide bonds. The molecular weight excluding hydrogens is 306 g/mol. The van der Waals surface area contributed by atoms with E-state index in [0.717, 1.165) is 24.3 Å². The summed E-state index contributed by atoms with van der Waals surface area (Å²) in [7, 11) is 0. The first-order chi connectivity index (χ1) is 11.7. The zero-order valence-corrected chi connectivity index (χ0v) is 14.1. The average molecular weight is 332 g/mol. The molecule has 0 spiro atoms. The van der Waals surface area contributed by atoms with Crippen molar-refractivity contribution in [3.8, 4) is 5.75 Å². The van der Waals surface area contributed by atoms with Crippen LogP contribution in [0.25, 0.3) is 0 Å². The summed E-state index contributed by atoms with van der Waals surface area (Å²) in [6.45, 7) is 2.54. The second-order valence-corrected chi connectivity index (χ2v) is 6.57. The van der Waals surface area contributed by atoms with Gasteiger partial charge < -0.3 is 20.7 Å². The van der Waals surface area contributed by atoms with Gasteiger partial charge in [0.05, 0.1) is 19.1 Å². The molecule has 1 aromatic carbocycles. The molecule has 0 radical (unpaired) electrons. The van der Waals surface area contributed by atoms with E-state index in [9.17, 15) is 9.59 Å². The highest BCUT2D eigenvalue weighted by atomic mass is 16.5. The average Bonchev–Trinajstić information content (AvgIpc) is 2.57. The number of hydrogen-bond acceptors (Lipinski definition) is 3. The van der Waals surface area contributed by atoms with Crippen LogP contribution in [0.3, 0.4) is 0 Å². The van der Waals surface area contributed by atoms with Crippen LogP contribution in [0, 0.1) is 0 Å². The summed E-state index contributed by atoms with van der Waals surface area (Å²) in [5.74, 6) is 0.628. The quantitative estimate of drug-likeness (QED) is 0.745. The van der Waals surface area contributed by atoms with Crippen LogP contribution in [-0.4, -0.2) is 36.5 Å². The Hall–Kier alpha value is -2.08. The summed E-state index contributed by atoms with van der Waals surface area (Å²) in [6, 6.07) is 7.63. The lowest BCUT2D eigenvalue weighted by Crippen LogP contribution is -3.03. The molecule has 1 saturated heterocycles. The third-order valence-electron chi connectivity index (χ3n) is 4.82. The maximum atomic E-state index is 12.3. The van der Waals surface area contributed by atoms with Gasteiger partial charge in [-0.3, -0.25) is 9.59 Å². The van der Waals surface area contributed by atoms with Crippen LogP contribution >= 0.6 is 0 Å².